The van der Waals surface area contributed by atoms with Crippen LogP contribution < -0.4 is 15.2 Å². The number of aromatic nitrogens is 2. The summed E-state index contributed by atoms with van der Waals surface area (Å²) >= 11 is 0. The molecule has 0 radical (unpaired) electrons. The van der Waals surface area contributed by atoms with Crippen molar-refractivity contribution >= 4 is 16.0 Å². The van der Waals surface area contributed by atoms with Crippen LogP contribution in [0.2, 0.25) is 0 Å². The molecule has 0 amide bonds. The zero-order valence-electron chi connectivity index (χ0n) is 14.3. The first-order chi connectivity index (χ1) is 11.7. The Balaban J connectivity index is 0.000000705. The normalized spacial score (nSPS) is 10.7. The number of sulfonamides is 1. The summed E-state index contributed by atoms with van der Waals surface area (Å²) in [5.74, 6) is -0.0695. The van der Waals surface area contributed by atoms with Crippen molar-refractivity contribution in [2.45, 2.75) is 25.0 Å². The molecule has 0 spiro atoms. The second-order valence-electron chi connectivity index (χ2n) is 5.07. The largest absolute Gasteiger partial charge is 0.497 e. The zero-order valence-corrected chi connectivity index (χ0v) is 15.1. The number of carboxylic acids is 1. The topological polar surface area (TPSA) is 137 Å². The van der Waals surface area contributed by atoms with Crippen molar-refractivity contribution in [3.8, 4) is 5.75 Å². The number of nitrogens with one attached hydrogen (secondary N) is 1. The molecule has 0 fully saturated rings. The van der Waals surface area contributed by atoms with Crippen molar-refractivity contribution in [1.82, 2.24) is 15.1 Å². The summed E-state index contributed by atoms with van der Waals surface area (Å²) in [4.78, 5) is 9.00. The second kappa shape index (κ2) is 9.16. The highest BCUT2D eigenvalue weighted by Gasteiger charge is 2.16. The minimum Gasteiger partial charge on any atom is -0.497 e. The lowest BCUT2D eigenvalue weighted by atomic mass is 10.2. The molecular formula is C15H22N4O5S. The monoisotopic (exact) mass is 370 g/mol. The SMILES string of the molecule is CC(=O)O.CNCc1cc(S(N)(=O)=O)nn1Cc1ccc(OC)cc1. The number of carboxylic acid groups (broad SMARTS) is 1. The van der Waals surface area contributed by atoms with Gasteiger partial charge in [0.15, 0.2) is 5.03 Å². The van der Waals surface area contributed by atoms with E-state index >= 15 is 0 Å². The predicted octanol–water partition coefficient (Wildman–Crippen LogP) is 0.398. The molecular weight excluding hydrogens is 348 g/mol. The van der Waals surface area contributed by atoms with Crippen molar-refractivity contribution < 1.29 is 23.1 Å². The molecule has 2 aromatic rings. The summed E-state index contributed by atoms with van der Waals surface area (Å²) in [6, 6.07) is 8.98. The summed E-state index contributed by atoms with van der Waals surface area (Å²) in [6.45, 7) is 2.04. The van der Waals surface area contributed by atoms with Gasteiger partial charge in [-0.05, 0) is 24.7 Å². The Labute approximate surface area is 146 Å². The van der Waals surface area contributed by atoms with E-state index in [4.69, 9.17) is 19.8 Å². The summed E-state index contributed by atoms with van der Waals surface area (Å²) < 4.78 is 29.5. The molecule has 10 heteroatoms. The standard InChI is InChI=1S/C13H18N4O3S.C2H4O2/c1-15-8-11-7-13(21(14,18)19)16-17(11)9-10-3-5-12(20-2)6-4-10;1-2(3)4/h3-7,15H,8-9H2,1-2H3,(H2,14,18,19);1H3,(H,3,4). The molecule has 9 nitrogen and oxygen atoms in total. The Morgan fingerprint density at radius 3 is 2.36 bits per heavy atom. The Morgan fingerprint density at radius 2 is 1.92 bits per heavy atom. The van der Waals surface area contributed by atoms with Gasteiger partial charge in [0.1, 0.15) is 5.75 Å². The average molecular weight is 370 g/mol. The minimum atomic E-state index is -3.81. The van der Waals surface area contributed by atoms with E-state index in [1.54, 1.807) is 18.8 Å². The molecule has 0 saturated carbocycles. The number of hydrogen-bond donors (Lipinski definition) is 3. The first-order valence-electron chi connectivity index (χ1n) is 7.24. The Hall–Kier alpha value is -2.43. The van der Waals surface area contributed by atoms with Gasteiger partial charge in [-0.3, -0.25) is 9.48 Å². The number of benzene rings is 1. The van der Waals surface area contributed by atoms with Gasteiger partial charge in [0.05, 0.1) is 19.3 Å². The number of rotatable bonds is 6. The van der Waals surface area contributed by atoms with Crippen molar-refractivity contribution in [1.29, 1.82) is 0 Å². The van der Waals surface area contributed by atoms with Crippen molar-refractivity contribution in [3.63, 3.8) is 0 Å². The van der Waals surface area contributed by atoms with Crippen LogP contribution in [0.15, 0.2) is 35.4 Å². The molecule has 4 N–H and O–H groups in total. The van der Waals surface area contributed by atoms with Crippen LogP contribution in [0, 0.1) is 0 Å². The van der Waals surface area contributed by atoms with Crippen molar-refractivity contribution in [2.24, 2.45) is 5.14 Å². The number of nitrogens with zero attached hydrogens (tertiary/aromatic N) is 2. The lowest BCUT2D eigenvalue weighted by Gasteiger charge is -2.08. The van der Waals surface area contributed by atoms with E-state index in [1.807, 2.05) is 24.3 Å². The maximum atomic E-state index is 11.4. The van der Waals surface area contributed by atoms with Crippen LogP contribution in [-0.4, -0.2) is 43.4 Å². The smallest absolute Gasteiger partial charge is 0.300 e. The molecule has 0 bridgehead atoms. The van der Waals surface area contributed by atoms with Crippen LogP contribution in [0.5, 0.6) is 5.75 Å². The van der Waals surface area contributed by atoms with Crippen LogP contribution in [0.4, 0.5) is 0 Å². The van der Waals surface area contributed by atoms with Gasteiger partial charge in [-0.25, -0.2) is 13.6 Å². The maximum Gasteiger partial charge on any atom is 0.300 e. The first-order valence-corrected chi connectivity index (χ1v) is 8.78. The van der Waals surface area contributed by atoms with Gasteiger partial charge in [0.2, 0.25) is 0 Å². The van der Waals surface area contributed by atoms with E-state index in [9.17, 15) is 8.42 Å². The third kappa shape index (κ3) is 6.91. The van der Waals surface area contributed by atoms with E-state index in [0.29, 0.717) is 13.1 Å². The molecule has 2 rings (SSSR count). The molecule has 0 aliphatic heterocycles. The van der Waals surface area contributed by atoms with Gasteiger partial charge in [-0.15, -0.1) is 0 Å². The third-order valence-corrected chi connectivity index (χ3v) is 3.76. The van der Waals surface area contributed by atoms with Crippen molar-refractivity contribution in [2.75, 3.05) is 14.2 Å². The molecule has 1 aromatic heterocycles. The quantitative estimate of drug-likeness (QED) is 0.669. The average Bonchev–Trinajstić information content (AvgIpc) is 2.91. The van der Waals surface area contributed by atoms with Gasteiger partial charge in [0.25, 0.3) is 16.0 Å². The highest BCUT2D eigenvalue weighted by Crippen LogP contribution is 2.15. The van der Waals surface area contributed by atoms with Crippen LogP contribution in [0.25, 0.3) is 0 Å². The fraction of sp³-hybridized carbons (Fsp3) is 0.333. The minimum absolute atomic E-state index is 0.124. The lowest BCUT2D eigenvalue weighted by Crippen LogP contribution is -2.14. The second-order valence-corrected chi connectivity index (χ2v) is 6.58. The van der Waals surface area contributed by atoms with Gasteiger partial charge in [0, 0.05) is 19.5 Å². The molecule has 138 valence electrons. The molecule has 25 heavy (non-hydrogen) atoms. The Morgan fingerprint density at radius 1 is 1.36 bits per heavy atom. The van der Waals surface area contributed by atoms with E-state index in [1.165, 1.54) is 6.07 Å². The Kier molecular flexibility index (Phi) is 7.55. The number of hydrogen-bond acceptors (Lipinski definition) is 6. The van der Waals surface area contributed by atoms with E-state index in [-0.39, 0.29) is 5.03 Å². The highest BCUT2D eigenvalue weighted by atomic mass is 32.2. The van der Waals surface area contributed by atoms with Crippen LogP contribution in [0.1, 0.15) is 18.2 Å². The summed E-state index contributed by atoms with van der Waals surface area (Å²) in [7, 11) is -0.423. The van der Waals surface area contributed by atoms with Gasteiger partial charge in [-0.1, -0.05) is 12.1 Å². The molecule has 0 aliphatic carbocycles. The van der Waals surface area contributed by atoms with Crippen LogP contribution >= 0.6 is 0 Å². The molecule has 0 aliphatic rings. The predicted molar refractivity (Wildman–Crippen MR) is 91.8 cm³/mol. The number of methoxy groups -OCH3 is 1. The summed E-state index contributed by atoms with van der Waals surface area (Å²) in [5.41, 5.74) is 1.73. The molecule has 0 unspecified atom stereocenters. The Bertz CT molecular complexity index is 796. The molecule has 1 aromatic carbocycles. The summed E-state index contributed by atoms with van der Waals surface area (Å²) in [6.07, 6.45) is 0. The summed E-state index contributed by atoms with van der Waals surface area (Å²) in [5, 5.41) is 19.5. The van der Waals surface area contributed by atoms with Gasteiger partial charge < -0.3 is 15.2 Å². The fourth-order valence-electron chi connectivity index (χ4n) is 1.93. The van der Waals surface area contributed by atoms with Crippen LogP contribution in [-0.2, 0) is 27.9 Å². The molecule has 0 saturated heterocycles. The number of primary sulfonamides is 1. The number of ether oxygens (including phenoxy) is 1. The van der Waals surface area contributed by atoms with Gasteiger partial charge in [-0.2, -0.15) is 5.10 Å². The number of nitrogens with two attached hydrogens (primary N) is 1. The van der Waals surface area contributed by atoms with Crippen molar-refractivity contribution in [3.05, 3.63) is 41.6 Å². The molecule has 0 atom stereocenters. The highest BCUT2D eigenvalue weighted by molar-refractivity contribution is 7.89. The lowest BCUT2D eigenvalue weighted by molar-refractivity contribution is -0.134. The van der Waals surface area contributed by atoms with E-state index < -0.39 is 16.0 Å². The fourth-order valence-corrected chi connectivity index (χ4v) is 2.45. The van der Waals surface area contributed by atoms with E-state index in [2.05, 4.69) is 10.4 Å². The first kappa shape index (κ1) is 20.6. The van der Waals surface area contributed by atoms with Gasteiger partial charge >= 0.3 is 0 Å². The zero-order chi connectivity index (χ0) is 19.0. The van der Waals surface area contributed by atoms with Crippen LogP contribution in [0.3, 0.4) is 0 Å². The number of aliphatic carboxylic acids is 1. The maximum absolute atomic E-state index is 11.4. The third-order valence-electron chi connectivity index (χ3n) is 2.98. The number of carbonyl (C=O) groups is 1. The van der Waals surface area contributed by atoms with E-state index in [0.717, 1.165) is 23.9 Å². The molecule has 1 heterocycles.